The van der Waals surface area contributed by atoms with Gasteiger partial charge in [0.05, 0.1) is 6.07 Å². The second-order valence-corrected chi connectivity index (χ2v) is 5.04. The van der Waals surface area contributed by atoms with Gasteiger partial charge in [-0.1, -0.05) is 30.3 Å². The van der Waals surface area contributed by atoms with E-state index in [9.17, 15) is 14.9 Å². The van der Waals surface area contributed by atoms with E-state index in [0.29, 0.717) is 19.0 Å². The number of rotatable bonds is 3. The summed E-state index contributed by atoms with van der Waals surface area (Å²) in [4.78, 5) is 23.9. The molecule has 1 fully saturated rings. The average Bonchev–Trinajstić information content (AvgIpc) is 3.17. The molecule has 6 nitrogen and oxygen atoms in total. The highest BCUT2D eigenvalue weighted by atomic mass is 16.6. The van der Waals surface area contributed by atoms with Gasteiger partial charge >= 0.3 is 5.88 Å². The van der Waals surface area contributed by atoms with Gasteiger partial charge in [0.15, 0.2) is 5.76 Å². The number of benzene rings is 1. The van der Waals surface area contributed by atoms with Crippen LogP contribution in [0.3, 0.4) is 0 Å². The first kappa shape index (κ1) is 13.4. The van der Waals surface area contributed by atoms with Crippen molar-refractivity contribution in [2.45, 2.75) is 12.3 Å². The molecule has 2 aromatic rings. The van der Waals surface area contributed by atoms with Crippen molar-refractivity contribution >= 4 is 11.8 Å². The third kappa shape index (κ3) is 2.65. The Kier molecular flexibility index (Phi) is 3.43. The molecule has 2 heterocycles. The number of likely N-dealkylation sites (tertiary alicyclic amines) is 1. The fourth-order valence-electron chi connectivity index (χ4n) is 2.64. The second-order valence-electron chi connectivity index (χ2n) is 5.04. The molecule has 1 aliphatic rings. The van der Waals surface area contributed by atoms with Gasteiger partial charge in [0.2, 0.25) is 0 Å². The Morgan fingerprint density at radius 2 is 2.00 bits per heavy atom. The molecule has 3 rings (SSSR count). The average molecular weight is 286 g/mol. The SMILES string of the molecule is O=C(c1ccc([N+](=O)[O-])o1)N1CCC(c2ccccc2)C1. The van der Waals surface area contributed by atoms with Crippen LogP contribution >= 0.6 is 0 Å². The van der Waals surface area contributed by atoms with Crippen molar-refractivity contribution in [1.82, 2.24) is 4.90 Å². The molecule has 0 saturated carbocycles. The highest BCUT2D eigenvalue weighted by Crippen LogP contribution is 2.28. The van der Waals surface area contributed by atoms with Crippen LogP contribution in [-0.4, -0.2) is 28.8 Å². The van der Waals surface area contributed by atoms with E-state index in [1.165, 1.54) is 17.7 Å². The number of hydrogen-bond donors (Lipinski definition) is 0. The third-order valence-corrected chi connectivity index (χ3v) is 3.73. The molecule has 0 spiro atoms. The van der Waals surface area contributed by atoms with Crippen LogP contribution in [0.25, 0.3) is 0 Å². The van der Waals surface area contributed by atoms with E-state index in [2.05, 4.69) is 12.1 Å². The van der Waals surface area contributed by atoms with Gasteiger partial charge < -0.3 is 9.32 Å². The number of nitrogens with zero attached hydrogens (tertiary/aromatic N) is 2. The predicted molar refractivity (Wildman–Crippen MR) is 75.1 cm³/mol. The van der Waals surface area contributed by atoms with Crippen molar-refractivity contribution in [2.24, 2.45) is 0 Å². The number of carbonyl (C=O) groups is 1. The van der Waals surface area contributed by atoms with Crippen molar-refractivity contribution in [3.8, 4) is 0 Å². The summed E-state index contributed by atoms with van der Waals surface area (Å²) in [5.41, 5.74) is 1.21. The molecule has 1 atom stereocenters. The van der Waals surface area contributed by atoms with Gasteiger partial charge in [0, 0.05) is 19.0 Å². The van der Waals surface area contributed by atoms with Gasteiger partial charge in [0.1, 0.15) is 4.92 Å². The molecule has 0 aliphatic carbocycles. The van der Waals surface area contributed by atoms with Gasteiger partial charge in [0.25, 0.3) is 5.91 Å². The summed E-state index contributed by atoms with van der Waals surface area (Å²) < 4.78 is 4.97. The summed E-state index contributed by atoms with van der Waals surface area (Å²) >= 11 is 0. The van der Waals surface area contributed by atoms with E-state index in [1.54, 1.807) is 4.90 Å². The topological polar surface area (TPSA) is 76.6 Å². The standard InChI is InChI=1S/C15H14N2O4/c18-15(13-6-7-14(21-13)17(19)20)16-9-8-12(10-16)11-4-2-1-3-5-11/h1-7,12H,8-10H2. The zero-order valence-corrected chi connectivity index (χ0v) is 11.3. The van der Waals surface area contributed by atoms with Crippen LogP contribution in [0.2, 0.25) is 0 Å². The van der Waals surface area contributed by atoms with Crippen LogP contribution in [0.4, 0.5) is 5.88 Å². The summed E-state index contributed by atoms with van der Waals surface area (Å²) in [5, 5.41) is 10.6. The van der Waals surface area contributed by atoms with Crippen molar-refractivity contribution < 1.29 is 14.1 Å². The largest absolute Gasteiger partial charge is 0.433 e. The van der Waals surface area contributed by atoms with Gasteiger partial charge in [-0.05, 0) is 18.1 Å². The van der Waals surface area contributed by atoms with E-state index >= 15 is 0 Å². The summed E-state index contributed by atoms with van der Waals surface area (Å²) in [6, 6.07) is 12.6. The van der Waals surface area contributed by atoms with Crippen LogP contribution in [0.15, 0.2) is 46.9 Å². The smallest absolute Gasteiger partial charge is 0.395 e. The molecule has 21 heavy (non-hydrogen) atoms. The van der Waals surface area contributed by atoms with Gasteiger partial charge in [-0.25, -0.2) is 0 Å². The highest BCUT2D eigenvalue weighted by molar-refractivity contribution is 5.92. The van der Waals surface area contributed by atoms with Crippen molar-refractivity contribution in [2.75, 3.05) is 13.1 Å². The Labute approximate surface area is 121 Å². The van der Waals surface area contributed by atoms with E-state index < -0.39 is 10.8 Å². The minimum atomic E-state index is -0.645. The monoisotopic (exact) mass is 286 g/mol. The molecule has 0 bridgehead atoms. The first-order chi connectivity index (χ1) is 10.1. The lowest BCUT2D eigenvalue weighted by molar-refractivity contribution is -0.402. The van der Waals surface area contributed by atoms with Crippen LogP contribution < -0.4 is 0 Å². The number of furan rings is 1. The van der Waals surface area contributed by atoms with Gasteiger partial charge in [-0.2, -0.15) is 0 Å². The first-order valence-corrected chi connectivity index (χ1v) is 6.73. The fourth-order valence-corrected chi connectivity index (χ4v) is 2.64. The normalized spacial score (nSPS) is 17.9. The Hall–Kier alpha value is -2.63. The number of carbonyl (C=O) groups excluding carboxylic acids is 1. The lowest BCUT2D eigenvalue weighted by atomic mass is 9.99. The predicted octanol–water partition coefficient (Wildman–Crippen LogP) is 2.82. The molecule has 6 heteroatoms. The number of nitro groups is 1. The Morgan fingerprint density at radius 1 is 1.24 bits per heavy atom. The van der Waals surface area contributed by atoms with Crippen molar-refractivity contribution in [1.29, 1.82) is 0 Å². The fraction of sp³-hybridized carbons (Fsp3) is 0.267. The van der Waals surface area contributed by atoms with Gasteiger partial charge in [-0.15, -0.1) is 0 Å². The first-order valence-electron chi connectivity index (χ1n) is 6.73. The summed E-state index contributed by atoms with van der Waals surface area (Å²) in [5.74, 6) is -0.366. The van der Waals surface area contributed by atoms with E-state index in [1.807, 2.05) is 18.2 Å². The molecule has 108 valence electrons. The van der Waals surface area contributed by atoms with Crippen LogP contribution in [0.1, 0.15) is 28.5 Å². The lowest BCUT2D eigenvalue weighted by Crippen LogP contribution is -2.28. The molecule has 1 aromatic heterocycles. The highest BCUT2D eigenvalue weighted by Gasteiger charge is 2.30. The van der Waals surface area contributed by atoms with Gasteiger partial charge in [-0.3, -0.25) is 14.9 Å². The number of amides is 1. The molecule has 1 aliphatic heterocycles. The van der Waals surface area contributed by atoms with Crippen molar-refractivity contribution in [3.63, 3.8) is 0 Å². The second kappa shape index (κ2) is 5.40. The molecular weight excluding hydrogens is 272 g/mol. The summed E-state index contributed by atoms with van der Waals surface area (Å²) in [6.07, 6.45) is 0.887. The zero-order valence-electron chi connectivity index (χ0n) is 11.3. The Balaban J connectivity index is 1.70. The van der Waals surface area contributed by atoms with Crippen molar-refractivity contribution in [3.05, 3.63) is 63.9 Å². The lowest BCUT2D eigenvalue weighted by Gasteiger charge is -2.15. The molecule has 0 N–H and O–H groups in total. The van der Waals surface area contributed by atoms with E-state index in [0.717, 1.165) is 6.42 Å². The summed E-state index contributed by atoms with van der Waals surface area (Å²) in [6.45, 7) is 1.24. The molecule has 1 unspecified atom stereocenters. The quantitative estimate of drug-likeness (QED) is 0.642. The molecule has 1 amide bonds. The zero-order chi connectivity index (χ0) is 14.8. The summed E-state index contributed by atoms with van der Waals surface area (Å²) in [7, 11) is 0. The molecule has 1 aromatic carbocycles. The van der Waals surface area contributed by atoms with E-state index in [4.69, 9.17) is 4.42 Å². The van der Waals surface area contributed by atoms with E-state index in [-0.39, 0.29) is 11.7 Å². The maximum absolute atomic E-state index is 12.3. The Bertz CT molecular complexity index is 665. The maximum atomic E-state index is 12.3. The molecule has 0 radical (unpaired) electrons. The third-order valence-electron chi connectivity index (χ3n) is 3.73. The molecular formula is C15H14N2O4. The number of hydrogen-bond acceptors (Lipinski definition) is 4. The van der Waals surface area contributed by atoms with Crippen LogP contribution in [-0.2, 0) is 0 Å². The minimum absolute atomic E-state index is 0.0235. The minimum Gasteiger partial charge on any atom is -0.395 e. The maximum Gasteiger partial charge on any atom is 0.433 e. The van der Waals surface area contributed by atoms with Crippen LogP contribution in [0, 0.1) is 10.1 Å². The molecule has 1 saturated heterocycles. The Morgan fingerprint density at radius 3 is 2.67 bits per heavy atom. The van der Waals surface area contributed by atoms with Crippen LogP contribution in [0.5, 0.6) is 0 Å².